The van der Waals surface area contributed by atoms with Crippen LogP contribution in [0.2, 0.25) is 5.02 Å². The second kappa shape index (κ2) is 10.2. The van der Waals surface area contributed by atoms with Gasteiger partial charge in [-0.2, -0.15) is 0 Å². The van der Waals surface area contributed by atoms with Gasteiger partial charge in [-0.05, 0) is 61.0 Å². The Morgan fingerprint density at radius 1 is 1.12 bits per heavy atom. The van der Waals surface area contributed by atoms with Crippen LogP contribution in [-0.2, 0) is 9.59 Å². The molecule has 0 aromatic heterocycles. The van der Waals surface area contributed by atoms with Gasteiger partial charge in [-0.3, -0.25) is 14.5 Å². The number of benzene rings is 3. The minimum atomic E-state index is -0.274. The fourth-order valence-corrected chi connectivity index (χ4v) is 4.63. The smallest absolute Gasteiger partial charge is 0.270 e. The molecular formula is C25H19ClN2O3S2. The van der Waals surface area contributed by atoms with Crippen LogP contribution in [0.1, 0.15) is 11.1 Å². The highest BCUT2D eigenvalue weighted by atomic mass is 35.5. The monoisotopic (exact) mass is 494 g/mol. The third-order valence-electron chi connectivity index (χ3n) is 4.74. The molecule has 4 rings (SSSR count). The van der Waals surface area contributed by atoms with Crippen LogP contribution in [0.4, 0.5) is 11.4 Å². The quantitative estimate of drug-likeness (QED) is 0.333. The van der Waals surface area contributed by atoms with Crippen molar-refractivity contribution in [2.24, 2.45) is 0 Å². The summed E-state index contributed by atoms with van der Waals surface area (Å²) in [7, 11) is 0. The Balaban J connectivity index is 1.48. The van der Waals surface area contributed by atoms with Crippen LogP contribution in [0.3, 0.4) is 0 Å². The van der Waals surface area contributed by atoms with Crippen molar-refractivity contribution in [2.45, 2.75) is 6.92 Å². The van der Waals surface area contributed by atoms with Gasteiger partial charge in [0.15, 0.2) is 10.9 Å². The van der Waals surface area contributed by atoms with E-state index in [0.29, 0.717) is 36.9 Å². The average molecular weight is 495 g/mol. The number of thiocarbonyl (C=S) groups is 1. The standard InChI is InChI=1S/C25H19ClN2O3S2/c1-16-5-4-7-19(13-16)27-23(29)15-31-21-8-3-2-6-17(21)14-22-24(30)28(25(32)33-22)20-11-9-18(26)10-12-20/h2-14H,15H2,1H3,(H,27,29)/b22-14-. The Bertz CT molecular complexity index is 1260. The van der Waals surface area contributed by atoms with Crippen LogP contribution in [0.5, 0.6) is 5.75 Å². The van der Waals surface area contributed by atoms with Crippen molar-refractivity contribution in [3.63, 3.8) is 0 Å². The van der Waals surface area contributed by atoms with E-state index < -0.39 is 0 Å². The minimum absolute atomic E-state index is 0.162. The summed E-state index contributed by atoms with van der Waals surface area (Å²) in [6.07, 6.45) is 1.73. The summed E-state index contributed by atoms with van der Waals surface area (Å²) in [5.41, 5.74) is 3.10. The predicted octanol–water partition coefficient (Wildman–Crippen LogP) is 6.07. The van der Waals surface area contributed by atoms with Gasteiger partial charge in [0.1, 0.15) is 5.75 Å². The summed E-state index contributed by atoms with van der Waals surface area (Å²) < 4.78 is 6.19. The third-order valence-corrected chi connectivity index (χ3v) is 6.30. The maximum Gasteiger partial charge on any atom is 0.270 e. The van der Waals surface area contributed by atoms with E-state index in [2.05, 4.69) is 5.32 Å². The van der Waals surface area contributed by atoms with Crippen LogP contribution in [-0.4, -0.2) is 22.7 Å². The van der Waals surface area contributed by atoms with Crippen LogP contribution in [0.25, 0.3) is 6.08 Å². The summed E-state index contributed by atoms with van der Waals surface area (Å²) in [4.78, 5) is 27.3. The number of aryl methyl sites for hydroxylation is 1. The number of para-hydroxylation sites is 1. The molecule has 33 heavy (non-hydrogen) atoms. The molecule has 0 bridgehead atoms. The van der Waals surface area contributed by atoms with E-state index in [1.807, 2.05) is 49.4 Å². The number of hydrogen-bond acceptors (Lipinski definition) is 5. The molecule has 5 nitrogen and oxygen atoms in total. The van der Waals surface area contributed by atoms with E-state index in [9.17, 15) is 9.59 Å². The number of nitrogens with zero attached hydrogens (tertiary/aromatic N) is 1. The summed E-state index contributed by atoms with van der Waals surface area (Å²) in [6.45, 7) is 1.79. The summed E-state index contributed by atoms with van der Waals surface area (Å²) in [6, 6.07) is 21.7. The molecule has 0 unspecified atom stereocenters. The SMILES string of the molecule is Cc1cccc(NC(=O)COc2ccccc2/C=C2\SC(=S)N(c3ccc(Cl)cc3)C2=O)c1. The van der Waals surface area contributed by atoms with Gasteiger partial charge in [0.25, 0.3) is 11.8 Å². The van der Waals surface area contributed by atoms with E-state index in [1.54, 1.807) is 36.4 Å². The topological polar surface area (TPSA) is 58.6 Å². The van der Waals surface area contributed by atoms with Crippen molar-refractivity contribution in [1.29, 1.82) is 0 Å². The van der Waals surface area contributed by atoms with Crippen LogP contribution < -0.4 is 15.0 Å². The number of ether oxygens (including phenoxy) is 1. The van der Waals surface area contributed by atoms with Crippen molar-refractivity contribution in [3.8, 4) is 5.75 Å². The maximum absolute atomic E-state index is 13.0. The molecule has 1 heterocycles. The zero-order chi connectivity index (χ0) is 23.4. The van der Waals surface area contributed by atoms with Gasteiger partial charge in [-0.15, -0.1) is 0 Å². The molecule has 0 saturated carbocycles. The number of thioether (sulfide) groups is 1. The number of amides is 2. The van der Waals surface area contributed by atoms with Crippen LogP contribution >= 0.6 is 35.6 Å². The van der Waals surface area contributed by atoms with Crippen molar-refractivity contribution in [2.75, 3.05) is 16.8 Å². The lowest BCUT2D eigenvalue weighted by Gasteiger charge is -2.14. The molecule has 0 aliphatic carbocycles. The molecule has 1 aliphatic heterocycles. The molecule has 166 valence electrons. The average Bonchev–Trinajstić information content (AvgIpc) is 3.06. The van der Waals surface area contributed by atoms with Gasteiger partial charge >= 0.3 is 0 Å². The van der Waals surface area contributed by atoms with Gasteiger partial charge in [0.05, 0.1) is 10.6 Å². The number of rotatable bonds is 6. The highest BCUT2D eigenvalue weighted by Gasteiger charge is 2.33. The molecule has 0 radical (unpaired) electrons. The minimum Gasteiger partial charge on any atom is -0.483 e. The largest absolute Gasteiger partial charge is 0.483 e. The van der Waals surface area contributed by atoms with Crippen LogP contribution in [0.15, 0.2) is 77.7 Å². The summed E-state index contributed by atoms with van der Waals surface area (Å²) >= 11 is 12.6. The molecular weight excluding hydrogens is 476 g/mol. The Kier molecular flexibility index (Phi) is 7.13. The first-order valence-corrected chi connectivity index (χ1v) is 11.6. The van der Waals surface area contributed by atoms with Crippen molar-refractivity contribution < 1.29 is 14.3 Å². The molecule has 1 fully saturated rings. The third kappa shape index (κ3) is 5.63. The Hall–Kier alpha value is -3.13. The maximum atomic E-state index is 13.0. The highest BCUT2D eigenvalue weighted by Crippen LogP contribution is 2.37. The first-order chi connectivity index (χ1) is 15.9. The molecule has 1 N–H and O–H groups in total. The first kappa shape index (κ1) is 23.0. The van der Waals surface area contributed by atoms with Crippen molar-refractivity contribution >= 4 is 69.2 Å². The lowest BCUT2D eigenvalue weighted by molar-refractivity contribution is -0.118. The van der Waals surface area contributed by atoms with E-state index in [1.165, 1.54) is 16.7 Å². The second-order valence-corrected chi connectivity index (χ2v) is 9.35. The Labute approximate surface area is 206 Å². The normalized spacial score (nSPS) is 14.6. The lowest BCUT2D eigenvalue weighted by atomic mass is 10.2. The fraction of sp³-hybridized carbons (Fsp3) is 0.0800. The molecule has 3 aromatic carbocycles. The Morgan fingerprint density at radius 2 is 1.88 bits per heavy atom. The van der Waals surface area contributed by atoms with Gasteiger partial charge in [-0.1, -0.05) is 65.9 Å². The number of carbonyl (C=O) groups is 2. The molecule has 1 saturated heterocycles. The molecule has 0 atom stereocenters. The predicted molar refractivity (Wildman–Crippen MR) is 139 cm³/mol. The lowest BCUT2D eigenvalue weighted by Crippen LogP contribution is -2.27. The summed E-state index contributed by atoms with van der Waals surface area (Å²) in [5, 5.41) is 3.40. The molecule has 1 aliphatic rings. The summed E-state index contributed by atoms with van der Waals surface area (Å²) in [5.74, 6) is -0.00238. The first-order valence-electron chi connectivity index (χ1n) is 10.0. The molecule has 2 amide bonds. The molecule has 0 spiro atoms. The fourth-order valence-electron chi connectivity index (χ4n) is 3.22. The number of nitrogens with one attached hydrogen (secondary N) is 1. The van der Waals surface area contributed by atoms with Gasteiger partial charge < -0.3 is 10.1 Å². The van der Waals surface area contributed by atoms with E-state index >= 15 is 0 Å². The van der Waals surface area contributed by atoms with Crippen LogP contribution in [0, 0.1) is 6.92 Å². The van der Waals surface area contributed by atoms with E-state index in [0.717, 1.165) is 5.56 Å². The van der Waals surface area contributed by atoms with Gasteiger partial charge in [0.2, 0.25) is 0 Å². The van der Waals surface area contributed by atoms with Crippen molar-refractivity contribution in [3.05, 3.63) is 93.9 Å². The molecule has 3 aromatic rings. The van der Waals surface area contributed by atoms with Gasteiger partial charge in [-0.25, -0.2) is 0 Å². The zero-order valence-corrected chi connectivity index (χ0v) is 20.0. The zero-order valence-electron chi connectivity index (χ0n) is 17.6. The molecule has 8 heteroatoms. The Morgan fingerprint density at radius 3 is 2.64 bits per heavy atom. The number of anilines is 2. The highest BCUT2D eigenvalue weighted by molar-refractivity contribution is 8.27. The van der Waals surface area contributed by atoms with Gasteiger partial charge in [0, 0.05) is 16.3 Å². The van der Waals surface area contributed by atoms with E-state index in [-0.39, 0.29) is 18.4 Å². The van der Waals surface area contributed by atoms with E-state index in [4.69, 9.17) is 28.6 Å². The number of hydrogen-bond donors (Lipinski definition) is 1. The van der Waals surface area contributed by atoms with Crippen molar-refractivity contribution in [1.82, 2.24) is 0 Å². The second-order valence-electron chi connectivity index (χ2n) is 7.24. The number of carbonyl (C=O) groups excluding carboxylic acids is 2. The number of halogens is 1.